The van der Waals surface area contributed by atoms with E-state index in [9.17, 15) is 14.4 Å². The van der Waals surface area contributed by atoms with Crippen molar-refractivity contribution >= 4 is 40.9 Å². The molecule has 32 heavy (non-hydrogen) atoms. The SMILES string of the molecule is Cc1cccc(C(=O)Nc2ccc(SC(C)C(=O)Nc3cc(C(=O)O)ccc3C)cc2)c1. The van der Waals surface area contributed by atoms with Gasteiger partial charge in [0.1, 0.15) is 0 Å². The number of benzene rings is 3. The summed E-state index contributed by atoms with van der Waals surface area (Å²) in [5.41, 5.74) is 3.66. The molecule has 0 saturated heterocycles. The zero-order chi connectivity index (χ0) is 23.3. The van der Waals surface area contributed by atoms with E-state index in [0.717, 1.165) is 16.0 Å². The van der Waals surface area contributed by atoms with E-state index in [1.54, 1.807) is 31.2 Å². The number of carboxylic acids is 1. The highest BCUT2D eigenvalue weighted by atomic mass is 32.2. The number of amides is 2. The smallest absolute Gasteiger partial charge is 0.335 e. The number of thioether (sulfide) groups is 1. The topological polar surface area (TPSA) is 95.5 Å². The molecule has 0 aliphatic rings. The van der Waals surface area contributed by atoms with Crippen molar-refractivity contribution in [3.05, 3.63) is 89.0 Å². The van der Waals surface area contributed by atoms with Crippen molar-refractivity contribution in [2.75, 3.05) is 10.6 Å². The van der Waals surface area contributed by atoms with Gasteiger partial charge in [-0.3, -0.25) is 9.59 Å². The molecule has 3 aromatic carbocycles. The van der Waals surface area contributed by atoms with Gasteiger partial charge in [0.25, 0.3) is 5.91 Å². The van der Waals surface area contributed by atoms with E-state index in [1.807, 2.05) is 44.2 Å². The number of nitrogens with one attached hydrogen (secondary N) is 2. The zero-order valence-corrected chi connectivity index (χ0v) is 18.8. The third-order valence-electron chi connectivity index (χ3n) is 4.82. The van der Waals surface area contributed by atoms with Crippen LogP contribution >= 0.6 is 11.8 Å². The van der Waals surface area contributed by atoms with E-state index >= 15 is 0 Å². The number of anilines is 2. The van der Waals surface area contributed by atoms with Crippen molar-refractivity contribution < 1.29 is 19.5 Å². The molecule has 3 aromatic rings. The number of rotatable bonds is 7. The maximum Gasteiger partial charge on any atom is 0.335 e. The van der Waals surface area contributed by atoms with Gasteiger partial charge in [-0.25, -0.2) is 4.79 Å². The molecular weight excluding hydrogens is 424 g/mol. The molecule has 0 aromatic heterocycles. The van der Waals surface area contributed by atoms with E-state index in [-0.39, 0.29) is 17.4 Å². The van der Waals surface area contributed by atoms with Gasteiger partial charge in [0, 0.05) is 21.8 Å². The van der Waals surface area contributed by atoms with Crippen LogP contribution in [-0.2, 0) is 4.79 Å². The molecule has 0 aliphatic heterocycles. The van der Waals surface area contributed by atoms with E-state index in [2.05, 4.69) is 10.6 Å². The molecule has 3 N–H and O–H groups in total. The third-order valence-corrected chi connectivity index (χ3v) is 5.93. The molecule has 0 heterocycles. The van der Waals surface area contributed by atoms with Crippen LogP contribution in [0.5, 0.6) is 0 Å². The van der Waals surface area contributed by atoms with Crippen LogP contribution in [0.1, 0.15) is 38.8 Å². The van der Waals surface area contributed by atoms with Crippen molar-refractivity contribution in [2.45, 2.75) is 30.9 Å². The molecule has 0 bridgehead atoms. The lowest BCUT2D eigenvalue weighted by Gasteiger charge is -2.14. The first-order chi connectivity index (χ1) is 15.2. The average Bonchev–Trinajstić information content (AvgIpc) is 2.76. The van der Waals surface area contributed by atoms with Gasteiger partial charge in [-0.05, 0) is 74.9 Å². The number of carboxylic acid groups (broad SMARTS) is 1. The van der Waals surface area contributed by atoms with E-state index in [1.165, 1.54) is 23.9 Å². The van der Waals surface area contributed by atoms with E-state index in [0.29, 0.717) is 16.9 Å². The lowest BCUT2D eigenvalue weighted by Crippen LogP contribution is -2.23. The van der Waals surface area contributed by atoms with Crippen LogP contribution in [0.25, 0.3) is 0 Å². The molecule has 1 atom stereocenters. The Balaban J connectivity index is 1.60. The van der Waals surface area contributed by atoms with Crippen LogP contribution in [0.3, 0.4) is 0 Å². The fourth-order valence-corrected chi connectivity index (χ4v) is 3.86. The van der Waals surface area contributed by atoms with Crippen LogP contribution in [0.15, 0.2) is 71.6 Å². The molecule has 0 radical (unpaired) electrons. The first-order valence-corrected chi connectivity index (χ1v) is 10.9. The van der Waals surface area contributed by atoms with Gasteiger partial charge in [0.05, 0.1) is 10.8 Å². The average molecular weight is 449 g/mol. The second-order valence-corrected chi connectivity index (χ2v) is 8.85. The molecular formula is C25H24N2O4S. The van der Waals surface area contributed by atoms with Crippen LogP contribution in [0.2, 0.25) is 0 Å². The minimum absolute atomic E-state index is 0.120. The Morgan fingerprint density at radius 3 is 2.25 bits per heavy atom. The van der Waals surface area contributed by atoms with Gasteiger partial charge in [0.15, 0.2) is 0 Å². The second-order valence-electron chi connectivity index (χ2n) is 7.43. The molecule has 0 aliphatic carbocycles. The van der Waals surface area contributed by atoms with Crippen molar-refractivity contribution in [1.82, 2.24) is 0 Å². The Morgan fingerprint density at radius 2 is 1.59 bits per heavy atom. The fourth-order valence-electron chi connectivity index (χ4n) is 2.99. The Bertz CT molecular complexity index is 1160. The summed E-state index contributed by atoms with van der Waals surface area (Å²) in [5.74, 6) is -1.45. The van der Waals surface area contributed by atoms with Crippen molar-refractivity contribution in [1.29, 1.82) is 0 Å². The number of carbonyl (C=O) groups excluding carboxylic acids is 2. The number of hydrogen-bond donors (Lipinski definition) is 3. The molecule has 3 rings (SSSR count). The van der Waals surface area contributed by atoms with Crippen LogP contribution in [0, 0.1) is 13.8 Å². The molecule has 164 valence electrons. The largest absolute Gasteiger partial charge is 0.478 e. The maximum atomic E-state index is 12.6. The Morgan fingerprint density at radius 1 is 0.875 bits per heavy atom. The van der Waals surface area contributed by atoms with Gasteiger partial charge in [0.2, 0.25) is 5.91 Å². The summed E-state index contributed by atoms with van der Waals surface area (Å²) >= 11 is 1.37. The summed E-state index contributed by atoms with van der Waals surface area (Å²) in [6.45, 7) is 5.52. The number of aryl methyl sites for hydroxylation is 2. The van der Waals surface area contributed by atoms with E-state index < -0.39 is 11.2 Å². The summed E-state index contributed by atoms with van der Waals surface area (Å²) in [7, 11) is 0. The number of aromatic carboxylic acids is 1. The van der Waals surface area contributed by atoms with Crippen LogP contribution in [0.4, 0.5) is 11.4 Å². The first-order valence-electron chi connectivity index (χ1n) is 10.0. The van der Waals surface area contributed by atoms with Gasteiger partial charge >= 0.3 is 5.97 Å². The Kier molecular flexibility index (Phi) is 7.33. The quantitative estimate of drug-likeness (QED) is 0.422. The molecule has 0 saturated carbocycles. The summed E-state index contributed by atoms with van der Waals surface area (Å²) in [4.78, 5) is 37.0. The number of carbonyl (C=O) groups is 3. The first kappa shape index (κ1) is 23.1. The minimum atomic E-state index is -1.04. The maximum absolute atomic E-state index is 12.6. The third kappa shape index (κ3) is 5.98. The fraction of sp³-hybridized carbons (Fsp3) is 0.160. The minimum Gasteiger partial charge on any atom is -0.478 e. The predicted molar refractivity (Wildman–Crippen MR) is 128 cm³/mol. The second kappa shape index (κ2) is 10.2. The Labute approximate surface area is 191 Å². The summed E-state index contributed by atoms with van der Waals surface area (Å²) in [6.07, 6.45) is 0. The highest BCUT2D eigenvalue weighted by Gasteiger charge is 2.17. The molecule has 2 amide bonds. The van der Waals surface area contributed by atoms with Crippen molar-refractivity contribution in [3.63, 3.8) is 0 Å². The van der Waals surface area contributed by atoms with Crippen molar-refractivity contribution in [2.24, 2.45) is 0 Å². The summed E-state index contributed by atoms with van der Waals surface area (Å²) in [5, 5.41) is 14.4. The van der Waals surface area contributed by atoms with Gasteiger partial charge in [-0.15, -0.1) is 11.8 Å². The highest BCUT2D eigenvalue weighted by Crippen LogP contribution is 2.26. The lowest BCUT2D eigenvalue weighted by atomic mass is 10.1. The Hall–Kier alpha value is -3.58. The molecule has 0 spiro atoms. The molecule has 6 nitrogen and oxygen atoms in total. The molecule has 0 fully saturated rings. The normalized spacial score (nSPS) is 11.5. The summed E-state index contributed by atoms with van der Waals surface area (Å²) < 4.78 is 0. The lowest BCUT2D eigenvalue weighted by molar-refractivity contribution is -0.115. The zero-order valence-electron chi connectivity index (χ0n) is 18.0. The van der Waals surface area contributed by atoms with Crippen LogP contribution < -0.4 is 10.6 Å². The van der Waals surface area contributed by atoms with E-state index in [4.69, 9.17) is 5.11 Å². The monoisotopic (exact) mass is 448 g/mol. The highest BCUT2D eigenvalue weighted by molar-refractivity contribution is 8.00. The van der Waals surface area contributed by atoms with Gasteiger partial charge < -0.3 is 15.7 Å². The standard InChI is InChI=1S/C25H24N2O4S/c1-15-5-4-6-18(13-15)24(29)26-20-9-11-21(12-10-20)32-17(3)23(28)27-22-14-19(25(30)31)8-7-16(22)2/h4-14,17H,1-3H3,(H,26,29)(H,27,28)(H,30,31). The predicted octanol–water partition coefficient (Wildman–Crippen LogP) is 5.37. The van der Waals surface area contributed by atoms with Crippen molar-refractivity contribution in [3.8, 4) is 0 Å². The molecule has 7 heteroatoms. The van der Waals surface area contributed by atoms with Crippen LogP contribution in [-0.4, -0.2) is 28.1 Å². The number of hydrogen-bond acceptors (Lipinski definition) is 4. The molecule has 1 unspecified atom stereocenters. The van der Waals surface area contributed by atoms with Gasteiger partial charge in [-0.2, -0.15) is 0 Å². The van der Waals surface area contributed by atoms with Gasteiger partial charge in [-0.1, -0.05) is 23.8 Å². The summed E-state index contributed by atoms with van der Waals surface area (Å²) in [6, 6.07) is 19.3.